The Kier molecular flexibility index (Phi) is 5.40. The number of rotatable bonds is 5. The lowest BCUT2D eigenvalue weighted by Crippen LogP contribution is -2.13. The van der Waals surface area contributed by atoms with Crippen LogP contribution in [0.4, 0.5) is 15.8 Å². The van der Waals surface area contributed by atoms with E-state index in [4.69, 9.17) is 0 Å². The molecule has 0 aliphatic carbocycles. The van der Waals surface area contributed by atoms with Gasteiger partial charge in [0.05, 0.1) is 28.0 Å². The molecule has 4 aromatic rings. The largest absolute Gasteiger partial charge is 0.322 e. The fourth-order valence-electron chi connectivity index (χ4n) is 2.91. The highest BCUT2D eigenvalue weighted by Gasteiger charge is 2.15. The second-order valence-electron chi connectivity index (χ2n) is 6.49. The maximum absolute atomic E-state index is 13.1. The number of hydrogen-bond donors (Lipinski definition) is 2. The van der Waals surface area contributed by atoms with E-state index in [9.17, 15) is 14.0 Å². The molecule has 0 aliphatic heterocycles. The van der Waals surface area contributed by atoms with Crippen molar-refractivity contribution in [3.05, 3.63) is 94.2 Å². The van der Waals surface area contributed by atoms with Gasteiger partial charge in [0, 0.05) is 11.4 Å². The number of carbonyl (C=O) groups excluding carboxylic acids is 2. The Morgan fingerprint density at radius 2 is 1.57 bits per heavy atom. The van der Waals surface area contributed by atoms with Crippen molar-refractivity contribution in [2.75, 3.05) is 10.6 Å². The predicted molar refractivity (Wildman–Crippen MR) is 115 cm³/mol. The lowest BCUT2D eigenvalue weighted by Gasteiger charge is -2.08. The minimum Gasteiger partial charge on any atom is -0.322 e. The van der Waals surface area contributed by atoms with E-state index >= 15 is 0 Å². The molecule has 0 radical (unpaired) electrons. The zero-order valence-electron chi connectivity index (χ0n) is 15.9. The first-order chi connectivity index (χ1) is 14.5. The minimum atomic E-state index is -0.337. The molecule has 0 bridgehead atoms. The molecule has 6 nitrogen and oxygen atoms in total. The molecule has 0 aliphatic rings. The van der Waals surface area contributed by atoms with Gasteiger partial charge in [-0.1, -0.05) is 6.07 Å². The number of nitrogens with zero attached hydrogens (tertiary/aromatic N) is 2. The van der Waals surface area contributed by atoms with Gasteiger partial charge in [0.1, 0.15) is 5.82 Å². The Morgan fingerprint density at radius 1 is 0.933 bits per heavy atom. The molecule has 0 fully saturated rings. The van der Waals surface area contributed by atoms with Crippen molar-refractivity contribution in [1.29, 1.82) is 0 Å². The van der Waals surface area contributed by atoms with E-state index in [1.165, 1.54) is 29.7 Å². The summed E-state index contributed by atoms with van der Waals surface area (Å²) < 4.78 is 14.7. The number of halogens is 1. The van der Waals surface area contributed by atoms with Crippen molar-refractivity contribution in [2.24, 2.45) is 0 Å². The molecule has 2 N–H and O–H groups in total. The SMILES string of the molecule is Cc1c(C(=O)Nc2ccc(NC(=O)c3cccs3)cc2)cnn1-c1ccc(F)cc1. The van der Waals surface area contributed by atoms with E-state index in [0.29, 0.717) is 33.2 Å². The van der Waals surface area contributed by atoms with Crippen LogP contribution in [0.1, 0.15) is 25.7 Å². The standard InChI is InChI=1S/C22H17FN4O2S/c1-14-19(13-24-27(14)18-10-4-15(23)5-11-18)21(28)25-16-6-8-17(9-7-16)26-22(29)20-3-2-12-30-20/h2-13H,1H3,(H,25,28)(H,26,29). The lowest BCUT2D eigenvalue weighted by molar-refractivity contribution is 0.101. The molecule has 150 valence electrons. The van der Waals surface area contributed by atoms with Gasteiger partial charge in [-0.15, -0.1) is 11.3 Å². The summed E-state index contributed by atoms with van der Waals surface area (Å²) in [5.41, 5.74) is 2.93. The van der Waals surface area contributed by atoms with Crippen molar-refractivity contribution in [2.45, 2.75) is 6.92 Å². The molecule has 2 aromatic heterocycles. The Hall–Kier alpha value is -3.78. The monoisotopic (exact) mass is 420 g/mol. The van der Waals surface area contributed by atoms with Gasteiger partial charge in [0.15, 0.2) is 0 Å². The van der Waals surface area contributed by atoms with E-state index in [1.54, 1.807) is 54.1 Å². The van der Waals surface area contributed by atoms with Crippen LogP contribution in [0.3, 0.4) is 0 Å². The minimum absolute atomic E-state index is 0.175. The molecule has 30 heavy (non-hydrogen) atoms. The number of aromatic nitrogens is 2. The predicted octanol–water partition coefficient (Wildman–Crippen LogP) is 4.89. The third-order valence-corrected chi connectivity index (χ3v) is 5.34. The van der Waals surface area contributed by atoms with Gasteiger partial charge in [-0.2, -0.15) is 5.10 Å². The van der Waals surface area contributed by atoms with Crippen LogP contribution in [0.2, 0.25) is 0 Å². The highest BCUT2D eigenvalue weighted by Crippen LogP contribution is 2.19. The van der Waals surface area contributed by atoms with Crippen LogP contribution in [0.5, 0.6) is 0 Å². The average Bonchev–Trinajstić information content (AvgIpc) is 3.40. The summed E-state index contributed by atoms with van der Waals surface area (Å²) in [6.45, 7) is 1.77. The molecular formula is C22H17FN4O2S. The Labute approximate surface area is 176 Å². The van der Waals surface area contributed by atoms with E-state index in [-0.39, 0.29) is 17.6 Å². The fourth-order valence-corrected chi connectivity index (χ4v) is 3.53. The molecule has 0 saturated carbocycles. The van der Waals surface area contributed by atoms with Crippen molar-refractivity contribution in [3.8, 4) is 5.69 Å². The van der Waals surface area contributed by atoms with Crippen LogP contribution in [0.15, 0.2) is 72.2 Å². The first kappa shape index (κ1) is 19.5. The Bertz CT molecular complexity index is 1180. The van der Waals surface area contributed by atoms with Gasteiger partial charge >= 0.3 is 0 Å². The molecule has 4 rings (SSSR count). The zero-order chi connectivity index (χ0) is 21.1. The van der Waals surface area contributed by atoms with Gasteiger partial charge in [0.25, 0.3) is 11.8 Å². The Balaban J connectivity index is 1.44. The first-order valence-corrected chi connectivity index (χ1v) is 9.96. The third-order valence-electron chi connectivity index (χ3n) is 4.47. The molecule has 0 unspecified atom stereocenters. The summed E-state index contributed by atoms with van der Waals surface area (Å²) in [7, 11) is 0. The van der Waals surface area contributed by atoms with Crippen molar-refractivity contribution < 1.29 is 14.0 Å². The molecule has 0 saturated heterocycles. The first-order valence-electron chi connectivity index (χ1n) is 9.08. The second kappa shape index (κ2) is 8.30. The van der Waals surface area contributed by atoms with Crippen LogP contribution in [0.25, 0.3) is 5.69 Å². The quantitative estimate of drug-likeness (QED) is 0.483. The lowest BCUT2D eigenvalue weighted by atomic mass is 10.2. The Morgan fingerprint density at radius 3 is 2.17 bits per heavy atom. The fraction of sp³-hybridized carbons (Fsp3) is 0.0455. The molecule has 2 heterocycles. The van der Waals surface area contributed by atoms with Crippen molar-refractivity contribution in [1.82, 2.24) is 9.78 Å². The molecule has 0 spiro atoms. The molecule has 8 heteroatoms. The van der Waals surface area contributed by atoms with Crippen LogP contribution >= 0.6 is 11.3 Å². The van der Waals surface area contributed by atoms with Crippen LogP contribution in [-0.4, -0.2) is 21.6 Å². The summed E-state index contributed by atoms with van der Waals surface area (Å²) in [4.78, 5) is 25.4. The van der Waals surface area contributed by atoms with E-state index in [0.717, 1.165) is 0 Å². The number of nitrogens with one attached hydrogen (secondary N) is 2. The smallest absolute Gasteiger partial charge is 0.265 e. The molecule has 2 amide bonds. The van der Waals surface area contributed by atoms with Gasteiger partial charge in [0.2, 0.25) is 0 Å². The van der Waals surface area contributed by atoms with Crippen molar-refractivity contribution in [3.63, 3.8) is 0 Å². The normalized spacial score (nSPS) is 10.6. The summed E-state index contributed by atoms with van der Waals surface area (Å²) in [5, 5.41) is 11.7. The maximum Gasteiger partial charge on any atom is 0.265 e. The number of benzene rings is 2. The number of anilines is 2. The van der Waals surface area contributed by atoms with Gasteiger partial charge in [-0.3, -0.25) is 9.59 Å². The number of amides is 2. The molecular weight excluding hydrogens is 403 g/mol. The average molecular weight is 420 g/mol. The maximum atomic E-state index is 13.1. The zero-order valence-corrected chi connectivity index (χ0v) is 16.7. The van der Waals surface area contributed by atoms with Gasteiger partial charge < -0.3 is 10.6 Å². The molecule has 0 atom stereocenters. The second-order valence-corrected chi connectivity index (χ2v) is 7.44. The summed E-state index contributed by atoms with van der Waals surface area (Å²) >= 11 is 1.37. The van der Waals surface area contributed by atoms with Gasteiger partial charge in [-0.25, -0.2) is 9.07 Å². The summed E-state index contributed by atoms with van der Waals surface area (Å²) in [6, 6.07) is 16.3. The topological polar surface area (TPSA) is 76.0 Å². The molecule has 2 aromatic carbocycles. The highest BCUT2D eigenvalue weighted by atomic mass is 32.1. The highest BCUT2D eigenvalue weighted by molar-refractivity contribution is 7.12. The number of carbonyl (C=O) groups is 2. The summed E-state index contributed by atoms with van der Waals surface area (Å²) in [6.07, 6.45) is 1.48. The third kappa shape index (κ3) is 4.13. The number of hydrogen-bond acceptors (Lipinski definition) is 4. The van der Waals surface area contributed by atoms with Crippen molar-refractivity contribution >= 4 is 34.5 Å². The van der Waals surface area contributed by atoms with E-state index in [1.807, 2.05) is 11.4 Å². The van der Waals surface area contributed by atoms with Gasteiger partial charge in [-0.05, 0) is 66.9 Å². The summed E-state index contributed by atoms with van der Waals surface area (Å²) in [5.74, 6) is -0.821. The van der Waals surface area contributed by atoms with E-state index in [2.05, 4.69) is 15.7 Å². The van der Waals surface area contributed by atoms with Crippen LogP contribution in [0, 0.1) is 12.7 Å². The van der Waals surface area contributed by atoms with E-state index < -0.39 is 0 Å². The number of thiophene rings is 1. The van der Waals surface area contributed by atoms with Crippen LogP contribution < -0.4 is 10.6 Å². The van der Waals surface area contributed by atoms with Crippen LogP contribution in [-0.2, 0) is 0 Å².